The molecule has 0 saturated heterocycles. The lowest BCUT2D eigenvalue weighted by molar-refractivity contribution is 0.128. The van der Waals surface area contributed by atoms with Crippen LogP contribution in [0.3, 0.4) is 0 Å². The second kappa shape index (κ2) is 6.39. The number of ether oxygens (including phenoxy) is 1. The molecule has 0 amide bonds. The molecule has 118 valence electrons. The van der Waals surface area contributed by atoms with Crippen molar-refractivity contribution in [3.63, 3.8) is 0 Å². The van der Waals surface area contributed by atoms with Gasteiger partial charge in [0.05, 0.1) is 0 Å². The van der Waals surface area contributed by atoms with Gasteiger partial charge >= 0.3 is 0 Å². The van der Waals surface area contributed by atoms with Crippen LogP contribution in [0.15, 0.2) is 24.3 Å². The van der Waals surface area contributed by atoms with Crippen LogP contribution in [0.1, 0.15) is 59.4 Å². The number of para-hydroxylation sites is 1. The molecule has 2 atom stereocenters. The molecule has 0 aromatic heterocycles. The number of nitrogens with one attached hydrogen (secondary N) is 1. The fourth-order valence-corrected chi connectivity index (χ4v) is 3.26. The normalized spacial score (nSPS) is 20.7. The summed E-state index contributed by atoms with van der Waals surface area (Å²) in [6.45, 7) is 12.4. The smallest absolute Gasteiger partial charge is 0.123 e. The van der Waals surface area contributed by atoms with Crippen molar-refractivity contribution in [1.82, 2.24) is 5.32 Å². The molecule has 2 rings (SSSR count). The maximum Gasteiger partial charge on any atom is 0.123 e. The molecule has 2 unspecified atom stereocenters. The molecule has 0 saturated carbocycles. The third kappa shape index (κ3) is 4.74. The zero-order valence-electron chi connectivity index (χ0n) is 14.3. The standard InChI is InChI=1S/C19H31NO/c1-6-11-19(5,14-20-18(2,3)4)13-16-12-15-9-7-8-10-17(15)21-16/h7-10,16,20H,6,11-14H2,1-5H3. The quantitative estimate of drug-likeness (QED) is 0.828. The van der Waals surface area contributed by atoms with Gasteiger partial charge < -0.3 is 10.1 Å². The summed E-state index contributed by atoms with van der Waals surface area (Å²) in [6, 6.07) is 8.46. The molecule has 2 nitrogen and oxygen atoms in total. The highest BCUT2D eigenvalue weighted by atomic mass is 16.5. The predicted octanol–water partition coefficient (Wildman–Crippen LogP) is 4.57. The molecular weight excluding hydrogens is 258 g/mol. The van der Waals surface area contributed by atoms with Gasteiger partial charge in [0.25, 0.3) is 0 Å². The van der Waals surface area contributed by atoms with Crippen molar-refractivity contribution in [3.8, 4) is 5.75 Å². The molecule has 1 N–H and O–H groups in total. The maximum atomic E-state index is 6.15. The van der Waals surface area contributed by atoms with Crippen LogP contribution < -0.4 is 10.1 Å². The second-order valence-corrected chi connectivity index (χ2v) is 7.92. The van der Waals surface area contributed by atoms with Crippen LogP contribution >= 0.6 is 0 Å². The molecule has 1 heterocycles. The monoisotopic (exact) mass is 289 g/mol. The molecule has 1 aliphatic rings. The van der Waals surface area contributed by atoms with Crippen molar-refractivity contribution in [2.45, 2.75) is 71.9 Å². The Labute approximate surface area is 130 Å². The van der Waals surface area contributed by atoms with Gasteiger partial charge in [-0.2, -0.15) is 0 Å². The first-order valence-corrected chi connectivity index (χ1v) is 8.31. The van der Waals surface area contributed by atoms with Crippen LogP contribution in [0.5, 0.6) is 5.75 Å². The molecule has 1 aliphatic heterocycles. The molecule has 21 heavy (non-hydrogen) atoms. The van der Waals surface area contributed by atoms with Crippen LogP contribution in [0.4, 0.5) is 0 Å². The summed E-state index contributed by atoms with van der Waals surface area (Å²) in [5.41, 5.74) is 1.84. The summed E-state index contributed by atoms with van der Waals surface area (Å²) in [6.07, 6.45) is 4.98. The van der Waals surface area contributed by atoms with E-state index in [0.717, 1.165) is 25.1 Å². The lowest BCUT2D eigenvalue weighted by atomic mass is 9.79. The van der Waals surface area contributed by atoms with Gasteiger partial charge in [0.1, 0.15) is 11.9 Å². The molecule has 2 heteroatoms. The number of benzene rings is 1. The summed E-state index contributed by atoms with van der Waals surface area (Å²) < 4.78 is 6.15. The molecule has 1 aromatic rings. The van der Waals surface area contributed by atoms with Gasteiger partial charge in [-0.3, -0.25) is 0 Å². The van der Waals surface area contributed by atoms with Crippen LogP contribution in [0.25, 0.3) is 0 Å². The van der Waals surface area contributed by atoms with Crippen molar-refractivity contribution in [3.05, 3.63) is 29.8 Å². The fourth-order valence-electron chi connectivity index (χ4n) is 3.26. The summed E-state index contributed by atoms with van der Waals surface area (Å²) >= 11 is 0. The summed E-state index contributed by atoms with van der Waals surface area (Å²) in [7, 11) is 0. The van der Waals surface area contributed by atoms with Gasteiger partial charge in [-0.15, -0.1) is 0 Å². The van der Waals surface area contributed by atoms with Crippen LogP contribution in [0, 0.1) is 5.41 Å². The van der Waals surface area contributed by atoms with E-state index in [2.05, 4.69) is 64.2 Å². The van der Waals surface area contributed by atoms with Crippen molar-refractivity contribution in [1.29, 1.82) is 0 Å². The summed E-state index contributed by atoms with van der Waals surface area (Å²) in [5.74, 6) is 1.09. The minimum Gasteiger partial charge on any atom is -0.490 e. The van der Waals surface area contributed by atoms with Gasteiger partial charge in [0, 0.05) is 18.5 Å². The van der Waals surface area contributed by atoms with Crippen molar-refractivity contribution >= 4 is 0 Å². The zero-order chi connectivity index (χ0) is 15.5. The fraction of sp³-hybridized carbons (Fsp3) is 0.684. The third-order valence-corrected chi connectivity index (χ3v) is 4.33. The van der Waals surface area contributed by atoms with E-state index in [-0.39, 0.29) is 5.54 Å². The van der Waals surface area contributed by atoms with Gasteiger partial charge in [0.2, 0.25) is 0 Å². The SMILES string of the molecule is CCCC(C)(CNC(C)(C)C)CC1Cc2ccccc2O1. The summed E-state index contributed by atoms with van der Waals surface area (Å²) in [5, 5.41) is 3.69. The highest BCUT2D eigenvalue weighted by Crippen LogP contribution is 2.36. The Kier molecular flexibility index (Phi) is 4.98. The van der Waals surface area contributed by atoms with Crippen molar-refractivity contribution in [2.24, 2.45) is 5.41 Å². The van der Waals surface area contributed by atoms with E-state index in [9.17, 15) is 0 Å². The Balaban J connectivity index is 1.97. The lowest BCUT2D eigenvalue weighted by Crippen LogP contribution is -2.44. The van der Waals surface area contributed by atoms with E-state index in [1.807, 2.05) is 0 Å². The van der Waals surface area contributed by atoms with Crippen molar-refractivity contribution in [2.75, 3.05) is 6.54 Å². The Morgan fingerprint density at radius 2 is 1.90 bits per heavy atom. The Morgan fingerprint density at radius 1 is 1.19 bits per heavy atom. The number of rotatable bonds is 6. The van der Waals surface area contributed by atoms with Crippen LogP contribution in [-0.4, -0.2) is 18.2 Å². The van der Waals surface area contributed by atoms with E-state index in [4.69, 9.17) is 4.74 Å². The maximum absolute atomic E-state index is 6.15. The van der Waals surface area contributed by atoms with E-state index >= 15 is 0 Å². The molecule has 1 aromatic carbocycles. The topological polar surface area (TPSA) is 21.3 Å². The second-order valence-electron chi connectivity index (χ2n) is 7.92. The Morgan fingerprint density at radius 3 is 2.52 bits per heavy atom. The van der Waals surface area contributed by atoms with Gasteiger partial charge in [-0.05, 0) is 50.7 Å². The minimum absolute atomic E-state index is 0.175. The molecule has 0 aliphatic carbocycles. The first kappa shape index (κ1) is 16.4. The first-order valence-electron chi connectivity index (χ1n) is 8.31. The van der Waals surface area contributed by atoms with Gasteiger partial charge in [-0.25, -0.2) is 0 Å². The van der Waals surface area contributed by atoms with E-state index in [0.29, 0.717) is 11.5 Å². The average Bonchev–Trinajstić information content (AvgIpc) is 2.78. The van der Waals surface area contributed by atoms with Gasteiger partial charge in [0.15, 0.2) is 0 Å². The highest BCUT2D eigenvalue weighted by Gasteiger charge is 2.32. The number of hydrogen-bond donors (Lipinski definition) is 1. The molecule has 0 fully saturated rings. The molecule has 0 bridgehead atoms. The van der Waals surface area contributed by atoms with E-state index < -0.39 is 0 Å². The Hall–Kier alpha value is -1.02. The Bertz CT molecular complexity index is 438. The molecule has 0 spiro atoms. The highest BCUT2D eigenvalue weighted by molar-refractivity contribution is 5.37. The van der Waals surface area contributed by atoms with E-state index in [1.54, 1.807) is 0 Å². The molecule has 0 radical (unpaired) electrons. The molecular formula is C19H31NO. The predicted molar refractivity (Wildman–Crippen MR) is 89.9 cm³/mol. The minimum atomic E-state index is 0.175. The average molecular weight is 289 g/mol. The zero-order valence-corrected chi connectivity index (χ0v) is 14.3. The van der Waals surface area contributed by atoms with Crippen LogP contribution in [0.2, 0.25) is 0 Å². The third-order valence-electron chi connectivity index (χ3n) is 4.33. The summed E-state index contributed by atoms with van der Waals surface area (Å²) in [4.78, 5) is 0. The van der Waals surface area contributed by atoms with Crippen molar-refractivity contribution < 1.29 is 4.74 Å². The number of hydrogen-bond acceptors (Lipinski definition) is 2. The van der Waals surface area contributed by atoms with Gasteiger partial charge in [-0.1, -0.05) is 38.5 Å². The van der Waals surface area contributed by atoms with E-state index in [1.165, 1.54) is 18.4 Å². The lowest BCUT2D eigenvalue weighted by Gasteiger charge is -2.35. The first-order chi connectivity index (χ1) is 9.81. The van der Waals surface area contributed by atoms with Crippen LogP contribution in [-0.2, 0) is 6.42 Å². The number of fused-ring (bicyclic) bond motifs is 1. The largest absolute Gasteiger partial charge is 0.490 e.